The van der Waals surface area contributed by atoms with Gasteiger partial charge in [0.25, 0.3) is 5.91 Å². The number of methoxy groups -OCH3 is 1. The van der Waals surface area contributed by atoms with Gasteiger partial charge in [-0.05, 0) is 42.0 Å². The summed E-state index contributed by atoms with van der Waals surface area (Å²) in [6.45, 7) is 0. The van der Waals surface area contributed by atoms with E-state index in [9.17, 15) is 9.59 Å². The summed E-state index contributed by atoms with van der Waals surface area (Å²) in [6.07, 6.45) is 0.330. The molecule has 172 valence electrons. The Morgan fingerprint density at radius 3 is 2.50 bits per heavy atom. The van der Waals surface area contributed by atoms with Gasteiger partial charge in [0.2, 0.25) is 11.0 Å². The Kier molecular flexibility index (Phi) is 7.66. The van der Waals surface area contributed by atoms with Crippen molar-refractivity contribution in [2.75, 3.05) is 12.4 Å². The Morgan fingerprint density at radius 2 is 1.76 bits per heavy atom. The molecule has 0 aliphatic rings. The molecule has 3 aromatic carbocycles. The first kappa shape index (κ1) is 23.6. The number of hydrogen-bond donors (Lipinski definition) is 2. The van der Waals surface area contributed by atoms with E-state index in [1.807, 2.05) is 54.6 Å². The van der Waals surface area contributed by atoms with Gasteiger partial charge in [-0.1, -0.05) is 69.7 Å². The van der Waals surface area contributed by atoms with Gasteiger partial charge in [0, 0.05) is 22.0 Å². The molecule has 0 radical (unpaired) electrons. The first-order chi connectivity index (χ1) is 16.5. The Labute approximate surface area is 209 Å². The monoisotopic (exact) mass is 536 g/mol. The highest BCUT2D eigenvalue weighted by Gasteiger charge is 2.23. The molecular formula is C25H21BrN4O3S. The lowest BCUT2D eigenvalue weighted by molar-refractivity contribution is -0.118. The van der Waals surface area contributed by atoms with Crippen LogP contribution in [0.3, 0.4) is 0 Å². The lowest BCUT2D eigenvalue weighted by Crippen LogP contribution is -2.45. The van der Waals surface area contributed by atoms with E-state index in [1.54, 1.807) is 31.4 Å². The minimum absolute atomic E-state index is 0.330. The fourth-order valence-electron chi connectivity index (χ4n) is 3.24. The topological polar surface area (TPSA) is 93.2 Å². The molecule has 9 heteroatoms. The summed E-state index contributed by atoms with van der Waals surface area (Å²) in [5.41, 5.74) is 2.22. The number of nitrogens with one attached hydrogen (secondary N) is 2. The average molecular weight is 537 g/mol. The van der Waals surface area contributed by atoms with Crippen LogP contribution < -0.4 is 15.4 Å². The highest BCUT2D eigenvalue weighted by atomic mass is 79.9. The molecule has 1 heterocycles. The molecule has 0 aliphatic heterocycles. The molecule has 34 heavy (non-hydrogen) atoms. The van der Waals surface area contributed by atoms with Crippen molar-refractivity contribution < 1.29 is 14.3 Å². The van der Waals surface area contributed by atoms with Crippen LogP contribution in [0.2, 0.25) is 0 Å². The van der Waals surface area contributed by atoms with E-state index in [2.05, 4.69) is 36.8 Å². The van der Waals surface area contributed by atoms with E-state index in [4.69, 9.17) is 4.74 Å². The smallest absolute Gasteiger partial charge is 0.251 e. The molecule has 7 nitrogen and oxygen atoms in total. The Morgan fingerprint density at radius 1 is 1.00 bits per heavy atom. The first-order valence-electron chi connectivity index (χ1n) is 10.4. The van der Waals surface area contributed by atoms with Gasteiger partial charge >= 0.3 is 0 Å². The molecule has 2 N–H and O–H groups in total. The number of hydrogen-bond acceptors (Lipinski definition) is 6. The summed E-state index contributed by atoms with van der Waals surface area (Å²) in [4.78, 5) is 26.0. The van der Waals surface area contributed by atoms with Crippen molar-refractivity contribution in [3.8, 4) is 16.3 Å². The maximum atomic E-state index is 13.2. The number of carbonyl (C=O) groups is 2. The van der Waals surface area contributed by atoms with Crippen molar-refractivity contribution in [1.82, 2.24) is 15.5 Å². The van der Waals surface area contributed by atoms with Crippen LogP contribution in [0.15, 0.2) is 83.3 Å². The average Bonchev–Trinajstić information content (AvgIpc) is 3.33. The predicted molar refractivity (Wildman–Crippen MR) is 136 cm³/mol. The Balaban J connectivity index is 1.51. The number of aromatic nitrogens is 2. The summed E-state index contributed by atoms with van der Waals surface area (Å²) >= 11 is 4.61. The highest BCUT2D eigenvalue weighted by Crippen LogP contribution is 2.28. The van der Waals surface area contributed by atoms with E-state index in [-0.39, 0.29) is 11.8 Å². The van der Waals surface area contributed by atoms with Gasteiger partial charge in [-0.3, -0.25) is 14.9 Å². The quantitative estimate of drug-likeness (QED) is 0.332. The van der Waals surface area contributed by atoms with Crippen LogP contribution in [-0.2, 0) is 11.2 Å². The maximum Gasteiger partial charge on any atom is 0.251 e. The first-order valence-corrected chi connectivity index (χ1v) is 12.0. The zero-order valence-corrected chi connectivity index (χ0v) is 20.6. The normalized spacial score (nSPS) is 11.5. The van der Waals surface area contributed by atoms with Crippen LogP contribution in [0.5, 0.6) is 5.75 Å². The number of carbonyl (C=O) groups excluding carboxylic acids is 2. The molecule has 0 aliphatic carbocycles. The fourth-order valence-corrected chi connectivity index (χ4v) is 4.25. The second kappa shape index (κ2) is 11.0. The number of nitrogens with zero attached hydrogens (tertiary/aromatic N) is 2. The third-order valence-electron chi connectivity index (χ3n) is 4.98. The second-order valence-electron chi connectivity index (χ2n) is 7.36. The van der Waals surface area contributed by atoms with Crippen LogP contribution in [-0.4, -0.2) is 35.2 Å². The van der Waals surface area contributed by atoms with Crippen molar-refractivity contribution in [2.24, 2.45) is 0 Å². The molecule has 1 atom stereocenters. The van der Waals surface area contributed by atoms with Crippen molar-refractivity contribution in [3.63, 3.8) is 0 Å². The summed E-state index contributed by atoms with van der Waals surface area (Å²) in [6, 6.07) is 23.1. The molecule has 0 saturated carbocycles. The highest BCUT2D eigenvalue weighted by molar-refractivity contribution is 9.10. The molecule has 0 saturated heterocycles. The third-order valence-corrected chi connectivity index (χ3v) is 6.40. The van der Waals surface area contributed by atoms with E-state index >= 15 is 0 Å². The second-order valence-corrected chi connectivity index (χ2v) is 9.25. The largest absolute Gasteiger partial charge is 0.497 e. The zero-order valence-electron chi connectivity index (χ0n) is 18.2. The predicted octanol–water partition coefficient (Wildman–Crippen LogP) is 4.96. The number of halogens is 1. The summed E-state index contributed by atoms with van der Waals surface area (Å²) in [5.74, 6) is -0.00237. The molecular weight excluding hydrogens is 516 g/mol. The van der Waals surface area contributed by atoms with Gasteiger partial charge in [0.05, 0.1) is 7.11 Å². The number of ether oxygens (including phenoxy) is 1. The standard InChI is InChI=1S/C25H21BrN4O3S/c1-33-20-9-5-8-18(15-20)24-29-30-25(34-24)28-23(32)21(14-16-6-3-2-4-7-16)27-22(31)17-10-12-19(26)13-11-17/h2-13,15,21H,14H2,1H3,(H,27,31)(H,28,30,32)/t21-/m0/s1. The van der Waals surface area contributed by atoms with Gasteiger partial charge in [0.1, 0.15) is 16.8 Å². The fraction of sp³-hybridized carbons (Fsp3) is 0.120. The third kappa shape index (κ3) is 6.06. The lowest BCUT2D eigenvalue weighted by atomic mass is 10.0. The van der Waals surface area contributed by atoms with Crippen molar-refractivity contribution in [1.29, 1.82) is 0 Å². The molecule has 2 amide bonds. The van der Waals surface area contributed by atoms with Gasteiger partial charge in [-0.15, -0.1) is 10.2 Å². The molecule has 4 aromatic rings. The van der Waals surface area contributed by atoms with Gasteiger partial charge < -0.3 is 10.1 Å². The summed E-state index contributed by atoms with van der Waals surface area (Å²) in [5, 5.41) is 14.9. The van der Waals surface area contributed by atoms with Crippen molar-refractivity contribution >= 4 is 44.2 Å². The summed E-state index contributed by atoms with van der Waals surface area (Å²) < 4.78 is 6.13. The number of benzene rings is 3. The Hall–Kier alpha value is -3.56. The van der Waals surface area contributed by atoms with E-state index in [0.717, 1.165) is 15.6 Å². The summed E-state index contributed by atoms with van der Waals surface area (Å²) in [7, 11) is 1.60. The molecule has 1 aromatic heterocycles. The lowest BCUT2D eigenvalue weighted by Gasteiger charge is -2.18. The molecule has 0 fully saturated rings. The minimum Gasteiger partial charge on any atom is -0.497 e. The zero-order chi connectivity index (χ0) is 23.9. The van der Waals surface area contributed by atoms with Gasteiger partial charge in [-0.25, -0.2) is 0 Å². The van der Waals surface area contributed by atoms with E-state index in [0.29, 0.717) is 27.9 Å². The number of anilines is 1. The van der Waals surface area contributed by atoms with Crippen LogP contribution in [0.4, 0.5) is 5.13 Å². The van der Waals surface area contributed by atoms with Crippen LogP contribution >= 0.6 is 27.3 Å². The maximum absolute atomic E-state index is 13.2. The van der Waals surface area contributed by atoms with Crippen LogP contribution in [0, 0.1) is 0 Å². The van der Waals surface area contributed by atoms with E-state index in [1.165, 1.54) is 11.3 Å². The number of rotatable bonds is 8. The van der Waals surface area contributed by atoms with E-state index < -0.39 is 6.04 Å². The number of amides is 2. The Bertz CT molecular complexity index is 1280. The SMILES string of the molecule is COc1cccc(-c2nnc(NC(=O)[C@H](Cc3ccccc3)NC(=O)c3ccc(Br)cc3)s2)c1. The minimum atomic E-state index is -0.803. The van der Waals surface area contributed by atoms with Crippen molar-refractivity contribution in [3.05, 3.63) is 94.5 Å². The molecule has 0 spiro atoms. The van der Waals surface area contributed by atoms with Gasteiger partial charge in [-0.2, -0.15) is 0 Å². The van der Waals surface area contributed by atoms with Crippen LogP contribution in [0.1, 0.15) is 15.9 Å². The van der Waals surface area contributed by atoms with Gasteiger partial charge in [0.15, 0.2) is 0 Å². The van der Waals surface area contributed by atoms with Crippen molar-refractivity contribution in [2.45, 2.75) is 12.5 Å². The molecule has 4 rings (SSSR count). The molecule has 0 bridgehead atoms. The van der Waals surface area contributed by atoms with Crippen LogP contribution in [0.25, 0.3) is 10.6 Å². The molecule has 0 unspecified atom stereocenters.